The highest BCUT2D eigenvalue weighted by atomic mass is 35.5. The number of nitrogens with two attached hydrogens (primary N) is 1. The first-order chi connectivity index (χ1) is 12.6. The van der Waals surface area contributed by atoms with Crippen LogP contribution in [-0.2, 0) is 0 Å². The maximum atomic E-state index is 12.9. The molecular formula is C20H21ClN4O. The number of nitrogens with zero attached hydrogens (tertiary/aromatic N) is 2. The van der Waals surface area contributed by atoms with Gasteiger partial charge in [0.2, 0.25) is 0 Å². The van der Waals surface area contributed by atoms with Crippen molar-refractivity contribution in [2.45, 2.75) is 37.8 Å². The van der Waals surface area contributed by atoms with Gasteiger partial charge in [-0.25, -0.2) is 0 Å². The number of halogens is 1. The van der Waals surface area contributed by atoms with E-state index in [1.54, 1.807) is 12.4 Å². The van der Waals surface area contributed by atoms with Crippen LogP contribution in [0.1, 0.15) is 31.7 Å². The summed E-state index contributed by atoms with van der Waals surface area (Å²) in [5.41, 5.74) is 9.37. The van der Waals surface area contributed by atoms with Gasteiger partial charge in [-0.15, -0.1) is 0 Å². The number of benzene rings is 1. The largest absolute Gasteiger partial charge is 0.328 e. The van der Waals surface area contributed by atoms with Crippen molar-refractivity contribution in [2.24, 2.45) is 5.73 Å². The van der Waals surface area contributed by atoms with Gasteiger partial charge in [0, 0.05) is 29.0 Å². The molecule has 4 rings (SSSR count). The molecule has 1 aliphatic carbocycles. The standard InChI is InChI=1S/C20H21ClN4O/c21-15-3-1-13(2-4-15)18-19(14-9-11-23-12-10-14)25(24-20(18)26)17-7-5-16(22)6-8-17/h1-4,9-12,16-17H,5-8,22H2,(H,24,26). The van der Waals surface area contributed by atoms with Gasteiger partial charge in [0.25, 0.3) is 5.56 Å². The zero-order valence-corrected chi connectivity index (χ0v) is 15.1. The molecule has 0 spiro atoms. The van der Waals surface area contributed by atoms with Gasteiger partial charge in [0.15, 0.2) is 0 Å². The van der Waals surface area contributed by atoms with Gasteiger partial charge in [0.1, 0.15) is 0 Å². The van der Waals surface area contributed by atoms with E-state index in [1.807, 2.05) is 41.1 Å². The summed E-state index contributed by atoms with van der Waals surface area (Å²) in [5.74, 6) is 0. The fourth-order valence-electron chi connectivity index (χ4n) is 3.76. The first kappa shape index (κ1) is 17.1. The minimum absolute atomic E-state index is 0.0889. The van der Waals surface area contributed by atoms with Crippen LogP contribution < -0.4 is 11.3 Å². The van der Waals surface area contributed by atoms with Crippen molar-refractivity contribution in [1.29, 1.82) is 0 Å². The predicted octanol–water partition coefficient (Wildman–Crippen LogP) is 4.00. The number of hydrogen-bond donors (Lipinski definition) is 2. The molecule has 2 aromatic heterocycles. The molecule has 0 aliphatic heterocycles. The highest BCUT2D eigenvalue weighted by Crippen LogP contribution is 2.35. The summed E-state index contributed by atoms with van der Waals surface area (Å²) in [5, 5.41) is 3.73. The maximum absolute atomic E-state index is 12.9. The normalized spacial score (nSPS) is 20.2. The van der Waals surface area contributed by atoms with Crippen molar-refractivity contribution in [2.75, 3.05) is 0 Å². The minimum atomic E-state index is -0.0889. The van der Waals surface area contributed by atoms with Gasteiger partial charge >= 0.3 is 0 Å². The molecule has 3 N–H and O–H groups in total. The van der Waals surface area contributed by atoms with Crippen LogP contribution in [0.2, 0.25) is 5.02 Å². The molecule has 0 radical (unpaired) electrons. The molecule has 134 valence electrons. The number of nitrogens with one attached hydrogen (secondary N) is 1. The van der Waals surface area contributed by atoms with E-state index in [1.165, 1.54) is 0 Å². The van der Waals surface area contributed by atoms with E-state index < -0.39 is 0 Å². The molecule has 0 amide bonds. The molecule has 1 saturated carbocycles. The summed E-state index contributed by atoms with van der Waals surface area (Å²) in [4.78, 5) is 17.0. The summed E-state index contributed by atoms with van der Waals surface area (Å²) in [6.07, 6.45) is 7.36. The van der Waals surface area contributed by atoms with Crippen LogP contribution in [0.3, 0.4) is 0 Å². The van der Waals surface area contributed by atoms with E-state index in [4.69, 9.17) is 17.3 Å². The van der Waals surface area contributed by atoms with Gasteiger partial charge in [-0.3, -0.25) is 19.6 Å². The molecule has 1 aliphatic rings. The highest BCUT2D eigenvalue weighted by molar-refractivity contribution is 6.30. The fraction of sp³-hybridized carbons (Fsp3) is 0.300. The Bertz CT molecular complexity index is 938. The molecule has 1 aromatic carbocycles. The number of H-pyrrole nitrogens is 1. The third-order valence-corrected chi connectivity index (χ3v) is 5.37. The molecule has 6 heteroatoms. The van der Waals surface area contributed by atoms with Gasteiger partial charge < -0.3 is 5.73 Å². The Morgan fingerprint density at radius 1 is 1.00 bits per heavy atom. The van der Waals surface area contributed by atoms with Crippen molar-refractivity contribution in [1.82, 2.24) is 14.8 Å². The lowest BCUT2D eigenvalue weighted by Gasteiger charge is -2.28. The third-order valence-electron chi connectivity index (χ3n) is 5.12. The second-order valence-electron chi connectivity index (χ2n) is 6.85. The second kappa shape index (κ2) is 7.09. The van der Waals surface area contributed by atoms with Gasteiger partial charge in [-0.05, 0) is 55.5 Å². The van der Waals surface area contributed by atoms with Gasteiger partial charge in [-0.1, -0.05) is 23.7 Å². The van der Waals surface area contributed by atoms with Crippen LogP contribution in [0.15, 0.2) is 53.6 Å². The van der Waals surface area contributed by atoms with Crippen LogP contribution in [0.5, 0.6) is 0 Å². The van der Waals surface area contributed by atoms with Crippen molar-refractivity contribution in [3.05, 3.63) is 64.2 Å². The SMILES string of the molecule is NC1CCC(n2[nH]c(=O)c(-c3ccc(Cl)cc3)c2-c2ccncc2)CC1. The summed E-state index contributed by atoms with van der Waals surface area (Å²) in [6, 6.07) is 11.8. The lowest BCUT2D eigenvalue weighted by molar-refractivity contribution is 0.306. The molecular weight excluding hydrogens is 348 g/mol. The molecule has 3 aromatic rings. The average molecular weight is 369 g/mol. The third kappa shape index (κ3) is 3.20. The first-order valence-electron chi connectivity index (χ1n) is 8.90. The summed E-state index contributed by atoms with van der Waals surface area (Å²) >= 11 is 6.03. The van der Waals surface area contributed by atoms with E-state index in [2.05, 4.69) is 10.1 Å². The molecule has 5 nitrogen and oxygen atoms in total. The Morgan fingerprint density at radius 3 is 2.31 bits per heavy atom. The summed E-state index contributed by atoms with van der Waals surface area (Å²) < 4.78 is 2.04. The molecule has 0 unspecified atom stereocenters. The van der Waals surface area contributed by atoms with Crippen molar-refractivity contribution in [3.8, 4) is 22.4 Å². The first-order valence-corrected chi connectivity index (χ1v) is 9.27. The van der Waals surface area contributed by atoms with Crippen LogP contribution in [-0.4, -0.2) is 20.8 Å². The fourth-order valence-corrected chi connectivity index (χ4v) is 3.89. The zero-order valence-electron chi connectivity index (χ0n) is 14.4. The van der Waals surface area contributed by atoms with E-state index >= 15 is 0 Å². The molecule has 0 saturated heterocycles. The maximum Gasteiger partial charge on any atom is 0.272 e. The quantitative estimate of drug-likeness (QED) is 0.733. The molecule has 0 bridgehead atoms. The Kier molecular flexibility index (Phi) is 4.66. The van der Waals surface area contributed by atoms with Crippen LogP contribution in [0, 0.1) is 0 Å². The highest BCUT2D eigenvalue weighted by Gasteiger charge is 2.26. The monoisotopic (exact) mass is 368 g/mol. The molecule has 0 atom stereocenters. The number of hydrogen-bond acceptors (Lipinski definition) is 3. The van der Waals surface area contributed by atoms with Gasteiger partial charge in [-0.2, -0.15) is 0 Å². The van der Waals surface area contributed by atoms with E-state index in [-0.39, 0.29) is 17.6 Å². The average Bonchev–Trinajstić information content (AvgIpc) is 3.01. The predicted molar refractivity (Wildman–Crippen MR) is 104 cm³/mol. The zero-order chi connectivity index (χ0) is 18.1. The molecule has 2 heterocycles. The van der Waals surface area contributed by atoms with Crippen molar-refractivity contribution >= 4 is 11.6 Å². The Balaban J connectivity index is 1.89. The Morgan fingerprint density at radius 2 is 1.65 bits per heavy atom. The van der Waals surface area contributed by atoms with E-state index in [0.717, 1.165) is 42.5 Å². The number of aromatic nitrogens is 3. The minimum Gasteiger partial charge on any atom is -0.328 e. The van der Waals surface area contributed by atoms with Crippen LogP contribution in [0.25, 0.3) is 22.4 Å². The Labute approximate surface area is 156 Å². The number of rotatable bonds is 3. The second-order valence-corrected chi connectivity index (χ2v) is 7.28. The smallest absolute Gasteiger partial charge is 0.272 e. The summed E-state index contributed by atoms with van der Waals surface area (Å²) in [6.45, 7) is 0. The summed E-state index contributed by atoms with van der Waals surface area (Å²) in [7, 11) is 0. The molecule has 1 fully saturated rings. The topological polar surface area (TPSA) is 76.7 Å². The van der Waals surface area contributed by atoms with Crippen molar-refractivity contribution in [3.63, 3.8) is 0 Å². The van der Waals surface area contributed by atoms with Crippen LogP contribution in [0.4, 0.5) is 0 Å². The van der Waals surface area contributed by atoms with E-state index in [0.29, 0.717) is 10.6 Å². The Hall–Kier alpha value is -2.37. The van der Waals surface area contributed by atoms with E-state index in [9.17, 15) is 4.79 Å². The lowest BCUT2D eigenvalue weighted by atomic mass is 9.91. The van der Waals surface area contributed by atoms with Crippen LogP contribution >= 0.6 is 11.6 Å². The lowest BCUT2D eigenvalue weighted by Crippen LogP contribution is -2.28. The number of pyridine rings is 1. The molecule has 26 heavy (non-hydrogen) atoms. The number of aromatic amines is 1. The van der Waals surface area contributed by atoms with Gasteiger partial charge in [0.05, 0.1) is 17.3 Å². The van der Waals surface area contributed by atoms with Crippen molar-refractivity contribution < 1.29 is 0 Å².